The van der Waals surface area contributed by atoms with Crippen LogP contribution in [0.15, 0.2) is 24.3 Å². The predicted molar refractivity (Wildman–Crippen MR) is 78.5 cm³/mol. The summed E-state index contributed by atoms with van der Waals surface area (Å²) in [5.41, 5.74) is 0.591. The number of carbonyl (C=O) groups is 2. The summed E-state index contributed by atoms with van der Waals surface area (Å²) >= 11 is 5.79. The number of amides is 1. The Labute approximate surface area is 127 Å². The Balaban J connectivity index is 2.05. The molecule has 114 valence electrons. The maximum absolute atomic E-state index is 12.3. The molecule has 1 fully saturated rings. The molecule has 6 nitrogen and oxygen atoms in total. The van der Waals surface area contributed by atoms with Crippen molar-refractivity contribution < 1.29 is 19.4 Å². The molecule has 1 saturated heterocycles. The molecule has 21 heavy (non-hydrogen) atoms. The summed E-state index contributed by atoms with van der Waals surface area (Å²) in [5.74, 6) is -1.33. The first kappa shape index (κ1) is 15.8. The number of anilines is 1. The fraction of sp³-hybridized carbons (Fsp3) is 0.429. The van der Waals surface area contributed by atoms with Crippen molar-refractivity contribution in [3.8, 4) is 0 Å². The van der Waals surface area contributed by atoms with Crippen molar-refractivity contribution in [3.63, 3.8) is 0 Å². The standard InChI is InChI=1S/C14H17ClN2O4/c15-10-1-3-11(4-2-10)16-14(20)12(9-13(18)19)17-5-7-21-8-6-17/h1-4,12H,5-9H2,(H,16,20)(H,18,19). The van der Waals surface area contributed by atoms with Gasteiger partial charge in [0.1, 0.15) is 6.04 Å². The lowest BCUT2D eigenvalue weighted by atomic mass is 10.1. The van der Waals surface area contributed by atoms with Crippen LogP contribution >= 0.6 is 11.6 Å². The molecule has 1 aliphatic rings. The molecule has 1 aliphatic heterocycles. The van der Waals surface area contributed by atoms with Crippen LogP contribution in [0.2, 0.25) is 5.02 Å². The smallest absolute Gasteiger partial charge is 0.305 e. The van der Waals surface area contributed by atoms with E-state index in [1.54, 1.807) is 24.3 Å². The SMILES string of the molecule is O=C(O)CC(C(=O)Nc1ccc(Cl)cc1)N1CCOCC1. The zero-order valence-electron chi connectivity index (χ0n) is 11.4. The zero-order chi connectivity index (χ0) is 15.2. The monoisotopic (exact) mass is 312 g/mol. The Morgan fingerprint density at radius 2 is 1.90 bits per heavy atom. The molecule has 2 rings (SSSR count). The number of halogens is 1. The van der Waals surface area contributed by atoms with Gasteiger partial charge in [-0.2, -0.15) is 0 Å². The molecule has 1 unspecified atom stereocenters. The Morgan fingerprint density at radius 3 is 2.48 bits per heavy atom. The summed E-state index contributed by atoms with van der Waals surface area (Å²) in [7, 11) is 0. The van der Waals surface area contributed by atoms with Crippen molar-refractivity contribution in [1.82, 2.24) is 4.90 Å². The molecule has 2 N–H and O–H groups in total. The van der Waals surface area contributed by atoms with Gasteiger partial charge >= 0.3 is 5.97 Å². The normalized spacial score (nSPS) is 17.2. The zero-order valence-corrected chi connectivity index (χ0v) is 12.2. The minimum Gasteiger partial charge on any atom is -0.481 e. The van der Waals surface area contributed by atoms with Crippen molar-refractivity contribution in [1.29, 1.82) is 0 Å². The van der Waals surface area contributed by atoms with Crippen molar-refractivity contribution in [2.45, 2.75) is 12.5 Å². The van der Waals surface area contributed by atoms with Gasteiger partial charge in [-0.25, -0.2) is 0 Å². The molecular formula is C14H17ClN2O4. The molecule has 0 spiro atoms. The second-order valence-corrected chi connectivity index (χ2v) is 5.19. The first-order chi connectivity index (χ1) is 10.1. The second-order valence-electron chi connectivity index (χ2n) is 4.76. The van der Waals surface area contributed by atoms with Gasteiger partial charge in [0.15, 0.2) is 0 Å². The summed E-state index contributed by atoms with van der Waals surface area (Å²) in [6.07, 6.45) is -0.237. The molecule has 0 radical (unpaired) electrons. The van der Waals surface area contributed by atoms with E-state index in [2.05, 4.69) is 5.32 Å². The quantitative estimate of drug-likeness (QED) is 0.860. The summed E-state index contributed by atoms with van der Waals surface area (Å²) in [5, 5.41) is 12.3. The lowest BCUT2D eigenvalue weighted by Crippen LogP contribution is -2.50. The summed E-state index contributed by atoms with van der Waals surface area (Å²) in [6, 6.07) is 5.98. The van der Waals surface area contributed by atoms with Crippen LogP contribution in [0.1, 0.15) is 6.42 Å². The van der Waals surface area contributed by atoms with Crippen LogP contribution in [-0.4, -0.2) is 54.2 Å². The molecule has 7 heteroatoms. The summed E-state index contributed by atoms with van der Waals surface area (Å²) in [4.78, 5) is 25.2. The van der Waals surface area contributed by atoms with Gasteiger partial charge in [0.05, 0.1) is 19.6 Å². The highest BCUT2D eigenvalue weighted by atomic mass is 35.5. The van der Waals surface area contributed by atoms with E-state index in [4.69, 9.17) is 21.4 Å². The van der Waals surface area contributed by atoms with Gasteiger partial charge < -0.3 is 15.2 Å². The van der Waals surface area contributed by atoms with E-state index in [-0.39, 0.29) is 12.3 Å². The van der Waals surface area contributed by atoms with Crippen LogP contribution in [0, 0.1) is 0 Å². The maximum Gasteiger partial charge on any atom is 0.305 e. The third kappa shape index (κ3) is 4.70. The van der Waals surface area contributed by atoms with E-state index >= 15 is 0 Å². The Bertz CT molecular complexity index is 500. The number of ether oxygens (including phenoxy) is 1. The molecule has 0 aromatic heterocycles. The highest BCUT2D eigenvalue weighted by Crippen LogP contribution is 2.16. The Kier molecular flexibility index (Phi) is 5.55. The molecule has 0 aliphatic carbocycles. The molecule has 1 amide bonds. The first-order valence-corrected chi connectivity index (χ1v) is 7.04. The minimum atomic E-state index is -1.00. The number of nitrogens with zero attached hydrogens (tertiary/aromatic N) is 1. The predicted octanol–water partition coefficient (Wildman–Crippen LogP) is 1.45. The van der Waals surface area contributed by atoms with E-state index in [0.717, 1.165) is 0 Å². The van der Waals surface area contributed by atoms with Crippen molar-refractivity contribution >= 4 is 29.2 Å². The highest BCUT2D eigenvalue weighted by molar-refractivity contribution is 6.30. The van der Waals surface area contributed by atoms with Gasteiger partial charge in [-0.05, 0) is 24.3 Å². The van der Waals surface area contributed by atoms with Crippen LogP contribution in [0.25, 0.3) is 0 Å². The number of carboxylic acid groups (broad SMARTS) is 1. The van der Waals surface area contributed by atoms with E-state index in [1.807, 2.05) is 4.90 Å². The van der Waals surface area contributed by atoms with Gasteiger partial charge in [0.2, 0.25) is 5.91 Å². The molecular weight excluding hydrogens is 296 g/mol. The largest absolute Gasteiger partial charge is 0.481 e. The lowest BCUT2D eigenvalue weighted by molar-refractivity contribution is -0.141. The number of benzene rings is 1. The van der Waals surface area contributed by atoms with Gasteiger partial charge in [0, 0.05) is 23.8 Å². The minimum absolute atomic E-state index is 0.237. The Hall–Kier alpha value is -1.63. The third-order valence-electron chi connectivity index (χ3n) is 3.27. The number of hydrogen-bond acceptors (Lipinski definition) is 4. The van der Waals surface area contributed by atoms with Crippen LogP contribution in [-0.2, 0) is 14.3 Å². The number of morpholine rings is 1. The number of carboxylic acids is 1. The molecule has 0 bridgehead atoms. The molecule has 0 saturated carbocycles. The van der Waals surface area contributed by atoms with Crippen LogP contribution in [0.4, 0.5) is 5.69 Å². The Morgan fingerprint density at radius 1 is 1.29 bits per heavy atom. The van der Waals surface area contributed by atoms with E-state index in [9.17, 15) is 9.59 Å². The van der Waals surface area contributed by atoms with Crippen LogP contribution < -0.4 is 5.32 Å². The molecule has 1 heterocycles. The first-order valence-electron chi connectivity index (χ1n) is 6.66. The van der Waals surface area contributed by atoms with Gasteiger partial charge in [-0.15, -0.1) is 0 Å². The number of carbonyl (C=O) groups excluding carboxylic acids is 1. The lowest BCUT2D eigenvalue weighted by Gasteiger charge is -2.32. The van der Waals surface area contributed by atoms with Crippen molar-refractivity contribution in [2.75, 3.05) is 31.6 Å². The average molecular weight is 313 g/mol. The van der Waals surface area contributed by atoms with Crippen molar-refractivity contribution in [2.24, 2.45) is 0 Å². The fourth-order valence-electron chi connectivity index (χ4n) is 2.20. The van der Waals surface area contributed by atoms with Crippen LogP contribution in [0.5, 0.6) is 0 Å². The highest BCUT2D eigenvalue weighted by Gasteiger charge is 2.29. The molecule has 1 aromatic carbocycles. The topological polar surface area (TPSA) is 78.9 Å². The number of hydrogen-bond donors (Lipinski definition) is 2. The molecule has 1 atom stereocenters. The average Bonchev–Trinajstić information content (AvgIpc) is 2.48. The number of rotatable bonds is 5. The van der Waals surface area contributed by atoms with Crippen LogP contribution in [0.3, 0.4) is 0 Å². The van der Waals surface area contributed by atoms with E-state index < -0.39 is 12.0 Å². The summed E-state index contributed by atoms with van der Waals surface area (Å²) in [6.45, 7) is 2.10. The molecule has 1 aromatic rings. The van der Waals surface area contributed by atoms with E-state index in [1.165, 1.54) is 0 Å². The van der Waals surface area contributed by atoms with Gasteiger partial charge in [-0.1, -0.05) is 11.6 Å². The van der Waals surface area contributed by atoms with Crippen molar-refractivity contribution in [3.05, 3.63) is 29.3 Å². The third-order valence-corrected chi connectivity index (χ3v) is 3.52. The fourth-order valence-corrected chi connectivity index (χ4v) is 2.33. The second kappa shape index (κ2) is 7.40. The number of nitrogens with one attached hydrogen (secondary N) is 1. The maximum atomic E-state index is 12.3. The number of aliphatic carboxylic acids is 1. The summed E-state index contributed by atoms with van der Waals surface area (Å²) < 4.78 is 5.23. The van der Waals surface area contributed by atoms with Gasteiger partial charge in [0.25, 0.3) is 0 Å². The van der Waals surface area contributed by atoms with E-state index in [0.29, 0.717) is 37.0 Å². The van der Waals surface area contributed by atoms with Gasteiger partial charge in [-0.3, -0.25) is 14.5 Å².